The second-order valence-electron chi connectivity index (χ2n) is 5.31. The molecule has 23 heavy (non-hydrogen) atoms. The molecule has 120 valence electrons. The summed E-state index contributed by atoms with van der Waals surface area (Å²) >= 11 is 0. The summed E-state index contributed by atoms with van der Waals surface area (Å²) < 4.78 is 5.61. The minimum atomic E-state index is -1.80. The molecule has 2 N–H and O–H groups in total. The lowest BCUT2D eigenvalue weighted by molar-refractivity contribution is -0.174. The standard InChI is InChI=1S/C18H18O5/c19-16(20)12-18(17(21)22,11-14-7-3-1-4-8-14)23-13-15-9-5-2-6-10-15/h1-10H,11-13H2,(H,19,20)(H,21,22). The number of carbonyl (C=O) groups is 2. The van der Waals surface area contributed by atoms with Crippen molar-refractivity contribution in [3.63, 3.8) is 0 Å². The van der Waals surface area contributed by atoms with Crippen LogP contribution in [0.15, 0.2) is 60.7 Å². The fourth-order valence-corrected chi connectivity index (χ4v) is 2.34. The highest BCUT2D eigenvalue weighted by molar-refractivity contribution is 5.84. The van der Waals surface area contributed by atoms with Gasteiger partial charge in [0, 0.05) is 6.42 Å². The molecule has 2 rings (SSSR count). The lowest BCUT2D eigenvalue weighted by Crippen LogP contribution is -2.45. The SMILES string of the molecule is O=C(O)CC(Cc1ccccc1)(OCc1ccccc1)C(=O)O. The van der Waals surface area contributed by atoms with Crippen LogP contribution in [0.4, 0.5) is 0 Å². The van der Waals surface area contributed by atoms with Crippen molar-refractivity contribution in [1.29, 1.82) is 0 Å². The van der Waals surface area contributed by atoms with E-state index in [2.05, 4.69) is 0 Å². The first-order chi connectivity index (χ1) is 11.0. The minimum Gasteiger partial charge on any atom is -0.481 e. The third-order valence-electron chi connectivity index (χ3n) is 3.52. The molecule has 1 unspecified atom stereocenters. The van der Waals surface area contributed by atoms with Crippen molar-refractivity contribution in [2.45, 2.75) is 25.0 Å². The Balaban J connectivity index is 2.25. The van der Waals surface area contributed by atoms with Crippen molar-refractivity contribution >= 4 is 11.9 Å². The Kier molecular flexibility index (Phi) is 5.49. The van der Waals surface area contributed by atoms with Crippen LogP contribution < -0.4 is 0 Å². The molecule has 0 spiro atoms. The van der Waals surface area contributed by atoms with Crippen molar-refractivity contribution in [2.24, 2.45) is 0 Å². The van der Waals surface area contributed by atoms with Crippen molar-refractivity contribution in [3.05, 3.63) is 71.8 Å². The molecule has 0 aliphatic heterocycles. The fraction of sp³-hybridized carbons (Fsp3) is 0.222. The zero-order chi connectivity index (χ0) is 16.7. The third-order valence-corrected chi connectivity index (χ3v) is 3.52. The molecule has 0 heterocycles. The van der Waals surface area contributed by atoms with Gasteiger partial charge in [-0.15, -0.1) is 0 Å². The van der Waals surface area contributed by atoms with Crippen LogP contribution in [0.2, 0.25) is 0 Å². The smallest absolute Gasteiger partial charge is 0.336 e. The summed E-state index contributed by atoms with van der Waals surface area (Å²) in [6.07, 6.45) is -0.619. The Morgan fingerprint density at radius 2 is 1.39 bits per heavy atom. The van der Waals surface area contributed by atoms with Crippen LogP contribution >= 0.6 is 0 Å². The van der Waals surface area contributed by atoms with Crippen molar-refractivity contribution < 1.29 is 24.5 Å². The number of hydrogen-bond donors (Lipinski definition) is 2. The van der Waals surface area contributed by atoms with Gasteiger partial charge in [-0.25, -0.2) is 4.79 Å². The van der Waals surface area contributed by atoms with Crippen LogP contribution in [-0.4, -0.2) is 27.8 Å². The predicted molar refractivity (Wildman–Crippen MR) is 84.0 cm³/mol. The van der Waals surface area contributed by atoms with E-state index in [0.29, 0.717) is 5.56 Å². The summed E-state index contributed by atoms with van der Waals surface area (Å²) in [6, 6.07) is 18.0. The number of aliphatic carboxylic acids is 2. The maximum absolute atomic E-state index is 11.8. The van der Waals surface area contributed by atoms with E-state index in [1.165, 1.54) is 0 Å². The lowest BCUT2D eigenvalue weighted by Gasteiger charge is -2.28. The van der Waals surface area contributed by atoms with Crippen molar-refractivity contribution in [3.8, 4) is 0 Å². The topological polar surface area (TPSA) is 83.8 Å². The zero-order valence-corrected chi connectivity index (χ0v) is 12.5. The lowest BCUT2D eigenvalue weighted by atomic mass is 9.90. The van der Waals surface area contributed by atoms with Gasteiger partial charge < -0.3 is 14.9 Å². The highest BCUT2D eigenvalue weighted by Crippen LogP contribution is 2.25. The van der Waals surface area contributed by atoms with Crippen molar-refractivity contribution in [1.82, 2.24) is 0 Å². The molecule has 0 bridgehead atoms. The van der Waals surface area contributed by atoms with Gasteiger partial charge in [-0.1, -0.05) is 60.7 Å². The van der Waals surface area contributed by atoms with Gasteiger partial charge in [0.25, 0.3) is 0 Å². The number of rotatable bonds is 8. The van der Waals surface area contributed by atoms with Gasteiger partial charge in [0.05, 0.1) is 13.0 Å². The molecule has 1 atom stereocenters. The zero-order valence-electron chi connectivity index (χ0n) is 12.5. The van der Waals surface area contributed by atoms with Gasteiger partial charge in [-0.2, -0.15) is 0 Å². The Bertz CT molecular complexity index is 654. The van der Waals surface area contributed by atoms with E-state index in [-0.39, 0.29) is 13.0 Å². The first kappa shape index (κ1) is 16.7. The molecule has 0 aliphatic carbocycles. The van der Waals surface area contributed by atoms with Crippen LogP contribution in [0.5, 0.6) is 0 Å². The predicted octanol–water partition coefficient (Wildman–Crippen LogP) is 2.74. The van der Waals surface area contributed by atoms with Crippen LogP contribution in [0.1, 0.15) is 17.5 Å². The van der Waals surface area contributed by atoms with Gasteiger partial charge in [0.2, 0.25) is 0 Å². The molecule has 5 heteroatoms. The molecular weight excluding hydrogens is 296 g/mol. The summed E-state index contributed by atoms with van der Waals surface area (Å²) in [4.78, 5) is 23.0. The van der Waals surface area contributed by atoms with Gasteiger partial charge in [0.15, 0.2) is 5.60 Å². The number of carboxylic acids is 2. The summed E-state index contributed by atoms with van der Waals surface area (Å²) in [5.41, 5.74) is -0.302. The van der Waals surface area contributed by atoms with E-state index in [1.807, 2.05) is 24.3 Å². The molecular formula is C18H18O5. The summed E-state index contributed by atoms with van der Waals surface area (Å²) in [5.74, 6) is -2.49. The van der Waals surface area contributed by atoms with E-state index in [4.69, 9.17) is 9.84 Å². The van der Waals surface area contributed by atoms with Gasteiger partial charge >= 0.3 is 11.9 Å². The number of carboxylic acid groups (broad SMARTS) is 2. The molecule has 0 amide bonds. The van der Waals surface area contributed by atoms with E-state index in [1.54, 1.807) is 36.4 Å². The Morgan fingerprint density at radius 3 is 1.87 bits per heavy atom. The highest BCUT2D eigenvalue weighted by Gasteiger charge is 2.42. The molecule has 0 aromatic heterocycles. The van der Waals surface area contributed by atoms with Crippen molar-refractivity contribution in [2.75, 3.05) is 0 Å². The third kappa shape index (κ3) is 4.66. The largest absolute Gasteiger partial charge is 0.481 e. The van der Waals surface area contributed by atoms with Gasteiger partial charge in [0.1, 0.15) is 0 Å². The molecule has 0 fully saturated rings. The first-order valence-corrected chi connectivity index (χ1v) is 7.19. The summed E-state index contributed by atoms with van der Waals surface area (Å²) in [5, 5.41) is 18.8. The Labute approximate surface area is 134 Å². The minimum absolute atomic E-state index is 0.0116. The average molecular weight is 314 g/mol. The van der Waals surface area contributed by atoms with Gasteiger partial charge in [-0.05, 0) is 11.1 Å². The fourth-order valence-electron chi connectivity index (χ4n) is 2.34. The van der Waals surface area contributed by atoms with Crippen LogP contribution in [0.3, 0.4) is 0 Å². The summed E-state index contributed by atoms with van der Waals surface area (Å²) in [7, 11) is 0. The van der Waals surface area contributed by atoms with Crippen LogP contribution in [0, 0.1) is 0 Å². The summed E-state index contributed by atoms with van der Waals surface area (Å²) in [6.45, 7) is 0.0350. The molecule has 5 nitrogen and oxygen atoms in total. The second kappa shape index (κ2) is 7.56. The van der Waals surface area contributed by atoms with E-state index in [0.717, 1.165) is 5.56 Å². The van der Waals surface area contributed by atoms with Crippen LogP contribution in [0.25, 0.3) is 0 Å². The maximum Gasteiger partial charge on any atom is 0.336 e. The molecule has 2 aromatic rings. The van der Waals surface area contributed by atoms with E-state index < -0.39 is 24.0 Å². The first-order valence-electron chi connectivity index (χ1n) is 7.19. The van der Waals surface area contributed by atoms with Crippen LogP contribution in [-0.2, 0) is 27.4 Å². The molecule has 0 aliphatic rings. The second-order valence-corrected chi connectivity index (χ2v) is 5.31. The maximum atomic E-state index is 11.8. The highest BCUT2D eigenvalue weighted by atomic mass is 16.5. The van der Waals surface area contributed by atoms with E-state index >= 15 is 0 Å². The normalized spacial score (nSPS) is 13.2. The number of ether oxygens (including phenoxy) is 1. The average Bonchev–Trinajstić information content (AvgIpc) is 2.54. The number of benzene rings is 2. The van der Waals surface area contributed by atoms with E-state index in [9.17, 15) is 14.7 Å². The van der Waals surface area contributed by atoms with Gasteiger partial charge in [-0.3, -0.25) is 4.79 Å². The number of hydrogen-bond acceptors (Lipinski definition) is 3. The molecule has 2 aromatic carbocycles. The Hall–Kier alpha value is -2.66. The molecule has 0 radical (unpaired) electrons. The Morgan fingerprint density at radius 1 is 0.870 bits per heavy atom. The molecule has 0 saturated heterocycles. The molecule has 0 saturated carbocycles. The quantitative estimate of drug-likeness (QED) is 0.782. The monoisotopic (exact) mass is 314 g/mol.